The van der Waals surface area contributed by atoms with E-state index in [1.165, 1.54) is 18.3 Å². The third-order valence-corrected chi connectivity index (χ3v) is 4.87. The van der Waals surface area contributed by atoms with Gasteiger partial charge in [-0.15, -0.1) is 0 Å². The average Bonchev–Trinajstić information content (AvgIpc) is 2.60. The molecule has 0 radical (unpaired) electrons. The van der Waals surface area contributed by atoms with Crippen LogP contribution in [-0.2, 0) is 10.0 Å². The van der Waals surface area contributed by atoms with Crippen molar-refractivity contribution < 1.29 is 8.42 Å². The van der Waals surface area contributed by atoms with Crippen molar-refractivity contribution in [3.63, 3.8) is 0 Å². The highest BCUT2D eigenvalue weighted by molar-refractivity contribution is 7.92. The fourth-order valence-corrected chi connectivity index (χ4v) is 3.35. The van der Waals surface area contributed by atoms with Gasteiger partial charge < -0.3 is 5.32 Å². The van der Waals surface area contributed by atoms with Crippen molar-refractivity contribution in [1.82, 2.24) is 0 Å². The molecule has 6 nitrogen and oxygen atoms in total. The number of nitrogens with one attached hydrogen (secondary N) is 2. The van der Waals surface area contributed by atoms with Crippen LogP contribution in [0.2, 0.25) is 0 Å². The molecule has 0 unspecified atom stereocenters. The Morgan fingerprint density at radius 1 is 1.00 bits per heavy atom. The number of nitrogens with zero attached hydrogens (tertiary/aromatic N) is 2. The summed E-state index contributed by atoms with van der Waals surface area (Å²) in [7, 11) is -3.71. The van der Waals surface area contributed by atoms with Crippen molar-refractivity contribution in [1.29, 1.82) is 10.5 Å². The lowest BCUT2D eigenvalue weighted by atomic mass is 10.1. The largest absolute Gasteiger partial charge is 0.360 e. The smallest absolute Gasteiger partial charge is 0.261 e. The highest BCUT2D eigenvalue weighted by Gasteiger charge is 2.16. The van der Waals surface area contributed by atoms with Crippen LogP contribution >= 0.6 is 0 Å². The molecule has 2 aromatic carbocycles. The van der Waals surface area contributed by atoms with Crippen LogP contribution in [0.25, 0.3) is 0 Å². The predicted octanol–water partition coefficient (Wildman–Crippen LogP) is 3.45. The Labute approximate surface area is 147 Å². The fourth-order valence-electron chi connectivity index (χ4n) is 2.14. The maximum atomic E-state index is 12.5. The molecular weight excluding hydrogens is 336 g/mol. The molecule has 0 bridgehead atoms. The van der Waals surface area contributed by atoms with Crippen LogP contribution in [-0.4, -0.2) is 8.42 Å². The summed E-state index contributed by atoms with van der Waals surface area (Å²) < 4.78 is 27.7. The van der Waals surface area contributed by atoms with E-state index in [2.05, 4.69) is 10.0 Å². The van der Waals surface area contributed by atoms with Crippen LogP contribution in [0.15, 0.2) is 59.1 Å². The zero-order valence-electron chi connectivity index (χ0n) is 13.7. The van der Waals surface area contributed by atoms with E-state index in [-0.39, 0.29) is 10.5 Å². The number of hydrogen-bond acceptors (Lipinski definition) is 5. The standard InChI is InChI=1S/C18H16N4O2S/c1-13-4-3-5-14(2)18(13)22-25(23,24)17-8-6-16(7-9-17)21-12-15(10-19)11-20/h3-9,12,21-22H,1-2H3. The van der Waals surface area contributed by atoms with Crippen LogP contribution in [0.4, 0.5) is 11.4 Å². The Morgan fingerprint density at radius 2 is 1.56 bits per heavy atom. The van der Waals surface area contributed by atoms with Crippen molar-refractivity contribution in [3.05, 3.63) is 65.4 Å². The van der Waals surface area contributed by atoms with Gasteiger partial charge in [0.05, 0.1) is 10.6 Å². The van der Waals surface area contributed by atoms with Gasteiger partial charge in [0.2, 0.25) is 0 Å². The maximum absolute atomic E-state index is 12.5. The number of nitriles is 2. The molecule has 2 N–H and O–H groups in total. The van der Waals surface area contributed by atoms with Crippen LogP contribution in [0.3, 0.4) is 0 Å². The number of aryl methyl sites for hydroxylation is 2. The highest BCUT2D eigenvalue weighted by atomic mass is 32.2. The van der Waals surface area contributed by atoms with E-state index in [0.29, 0.717) is 11.4 Å². The van der Waals surface area contributed by atoms with Crippen LogP contribution in [0.1, 0.15) is 11.1 Å². The number of sulfonamides is 1. The topological polar surface area (TPSA) is 106 Å². The Balaban J connectivity index is 2.23. The van der Waals surface area contributed by atoms with Crippen molar-refractivity contribution in [2.75, 3.05) is 10.0 Å². The minimum Gasteiger partial charge on any atom is -0.360 e. The lowest BCUT2D eigenvalue weighted by Crippen LogP contribution is -2.14. The molecule has 25 heavy (non-hydrogen) atoms. The summed E-state index contributed by atoms with van der Waals surface area (Å²) >= 11 is 0. The molecule has 0 atom stereocenters. The van der Waals surface area contributed by atoms with Gasteiger partial charge in [0, 0.05) is 11.9 Å². The van der Waals surface area contributed by atoms with Crippen molar-refractivity contribution in [3.8, 4) is 12.1 Å². The molecule has 0 heterocycles. The molecule has 0 aliphatic rings. The maximum Gasteiger partial charge on any atom is 0.261 e. The number of rotatable bonds is 5. The molecule has 0 aliphatic heterocycles. The van der Waals surface area contributed by atoms with E-state index in [1.807, 2.05) is 32.0 Å². The van der Waals surface area contributed by atoms with Crippen molar-refractivity contribution in [2.45, 2.75) is 18.7 Å². The van der Waals surface area contributed by atoms with Crippen molar-refractivity contribution >= 4 is 21.4 Å². The monoisotopic (exact) mass is 352 g/mol. The zero-order chi connectivity index (χ0) is 18.4. The minimum atomic E-state index is -3.71. The molecule has 0 spiro atoms. The molecule has 126 valence electrons. The lowest BCUT2D eigenvalue weighted by Gasteiger charge is -2.13. The van der Waals surface area contributed by atoms with Gasteiger partial charge in [0.15, 0.2) is 0 Å². The average molecular weight is 352 g/mol. The Hall–Kier alpha value is -3.29. The van der Waals surface area contributed by atoms with Gasteiger partial charge in [0.1, 0.15) is 17.7 Å². The Bertz CT molecular complexity index is 959. The minimum absolute atomic E-state index is 0.0756. The quantitative estimate of drug-likeness (QED) is 0.802. The SMILES string of the molecule is Cc1cccc(C)c1NS(=O)(=O)c1ccc(NC=C(C#N)C#N)cc1. The number of benzene rings is 2. The van der Waals surface area contributed by atoms with Crippen LogP contribution in [0, 0.1) is 36.5 Å². The molecule has 2 aromatic rings. The number of allylic oxidation sites excluding steroid dienone is 1. The van der Waals surface area contributed by atoms with Gasteiger partial charge in [-0.2, -0.15) is 10.5 Å². The van der Waals surface area contributed by atoms with E-state index < -0.39 is 10.0 Å². The normalized spacial score (nSPS) is 10.2. The molecule has 0 amide bonds. The first-order valence-electron chi connectivity index (χ1n) is 7.33. The summed E-state index contributed by atoms with van der Waals surface area (Å²) in [5, 5.41) is 20.1. The summed E-state index contributed by atoms with van der Waals surface area (Å²) in [4.78, 5) is 0.116. The number of anilines is 2. The molecule has 7 heteroatoms. The van der Waals surface area contributed by atoms with Crippen LogP contribution in [0.5, 0.6) is 0 Å². The molecule has 0 saturated carbocycles. The highest BCUT2D eigenvalue weighted by Crippen LogP contribution is 2.24. The van der Waals surface area contributed by atoms with Gasteiger partial charge in [-0.25, -0.2) is 8.42 Å². The van der Waals surface area contributed by atoms with E-state index in [9.17, 15) is 8.42 Å². The molecule has 0 fully saturated rings. The summed E-state index contributed by atoms with van der Waals surface area (Å²) in [6.45, 7) is 3.68. The summed E-state index contributed by atoms with van der Waals surface area (Å²) in [6.07, 6.45) is 1.26. The Kier molecular flexibility index (Phi) is 5.43. The van der Waals surface area contributed by atoms with Crippen LogP contribution < -0.4 is 10.0 Å². The summed E-state index contributed by atoms with van der Waals surface area (Å²) in [5.41, 5.74) is 2.74. The zero-order valence-corrected chi connectivity index (χ0v) is 14.6. The molecule has 2 rings (SSSR count). The second-order valence-corrected chi connectivity index (χ2v) is 7.01. The second kappa shape index (κ2) is 7.52. The molecule has 0 aliphatic carbocycles. The summed E-state index contributed by atoms with van der Waals surface area (Å²) in [6, 6.07) is 15.0. The number of hydrogen-bond donors (Lipinski definition) is 2. The molecular formula is C18H16N4O2S. The third kappa shape index (κ3) is 4.37. The predicted molar refractivity (Wildman–Crippen MR) is 96.1 cm³/mol. The van der Waals surface area contributed by atoms with Crippen molar-refractivity contribution in [2.24, 2.45) is 0 Å². The van der Waals surface area contributed by atoms with E-state index in [4.69, 9.17) is 10.5 Å². The van der Waals surface area contributed by atoms with Gasteiger partial charge in [-0.05, 0) is 49.2 Å². The molecule has 0 aromatic heterocycles. The second-order valence-electron chi connectivity index (χ2n) is 5.32. The third-order valence-electron chi connectivity index (χ3n) is 3.51. The van der Waals surface area contributed by atoms with Gasteiger partial charge in [-0.3, -0.25) is 4.72 Å². The fraction of sp³-hybridized carbons (Fsp3) is 0.111. The lowest BCUT2D eigenvalue weighted by molar-refractivity contribution is 0.601. The first kappa shape index (κ1) is 18.1. The summed E-state index contributed by atoms with van der Waals surface area (Å²) in [5.74, 6) is 0. The Morgan fingerprint density at radius 3 is 2.08 bits per heavy atom. The van der Waals surface area contributed by atoms with E-state index in [0.717, 1.165) is 11.1 Å². The van der Waals surface area contributed by atoms with Gasteiger partial charge in [-0.1, -0.05) is 18.2 Å². The van der Waals surface area contributed by atoms with E-state index in [1.54, 1.807) is 24.3 Å². The number of para-hydroxylation sites is 1. The molecule has 0 saturated heterocycles. The van der Waals surface area contributed by atoms with Gasteiger partial charge >= 0.3 is 0 Å². The first-order valence-corrected chi connectivity index (χ1v) is 8.81. The first-order chi connectivity index (χ1) is 11.9. The van der Waals surface area contributed by atoms with E-state index >= 15 is 0 Å². The van der Waals surface area contributed by atoms with Gasteiger partial charge in [0.25, 0.3) is 10.0 Å².